The highest BCUT2D eigenvalue weighted by Crippen LogP contribution is 2.35. The quantitative estimate of drug-likeness (QED) is 0.896. The van der Waals surface area contributed by atoms with E-state index in [2.05, 4.69) is 10.6 Å². The molecule has 3 rings (SSSR count). The van der Waals surface area contributed by atoms with Crippen molar-refractivity contribution >= 4 is 29.3 Å². The second-order valence-electron chi connectivity index (χ2n) is 5.45. The van der Waals surface area contributed by atoms with Crippen LogP contribution in [-0.4, -0.2) is 24.2 Å². The maximum Gasteiger partial charge on any atom is 0.251 e. The molecule has 0 saturated heterocycles. The van der Waals surface area contributed by atoms with Gasteiger partial charge in [0.1, 0.15) is 5.75 Å². The molecular formula is C18H18N2O3S. The first-order chi connectivity index (χ1) is 11.6. The third-order valence-corrected chi connectivity index (χ3v) is 4.98. The Morgan fingerprint density at radius 3 is 2.88 bits per heavy atom. The van der Waals surface area contributed by atoms with E-state index in [1.807, 2.05) is 37.3 Å². The molecule has 1 unspecified atom stereocenters. The minimum atomic E-state index is -0.193. The van der Waals surface area contributed by atoms with Crippen LogP contribution in [0.3, 0.4) is 0 Å². The molecular weight excluding hydrogens is 324 g/mol. The number of ether oxygens (including phenoxy) is 1. The van der Waals surface area contributed by atoms with Gasteiger partial charge in [-0.25, -0.2) is 0 Å². The molecule has 0 aromatic heterocycles. The van der Waals surface area contributed by atoms with E-state index in [1.165, 1.54) is 11.8 Å². The van der Waals surface area contributed by atoms with Crippen molar-refractivity contribution in [3.05, 3.63) is 53.6 Å². The van der Waals surface area contributed by atoms with Crippen LogP contribution in [0.5, 0.6) is 5.75 Å². The number of anilines is 1. The Balaban J connectivity index is 1.72. The largest absolute Gasteiger partial charge is 0.496 e. The van der Waals surface area contributed by atoms with E-state index in [9.17, 15) is 9.59 Å². The van der Waals surface area contributed by atoms with Gasteiger partial charge < -0.3 is 15.4 Å². The number of carbonyl (C=O) groups excluding carboxylic acids is 2. The molecule has 5 nitrogen and oxygen atoms in total. The number of nitrogens with one attached hydrogen (secondary N) is 2. The zero-order valence-corrected chi connectivity index (χ0v) is 14.3. The minimum Gasteiger partial charge on any atom is -0.496 e. The number of rotatable bonds is 4. The first-order valence-corrected chi connectivity index (χ1v) is 8.48. The first kappa shape index (κ1) is 16.4. The number of benzene rings is 2. The van der Waals surface area contributed by atoms with E-state index in [-0.39, 0.29) is 17.1 Å². The normalized spacial score (nSPS) is 16.1. The highest BCUT2D eigenvalue weighted by Gasteiger charge is 2.23. The lowest BCUT2D eigenvalue weighted by Crippen LogP contribution is -2.27. The van der Waals surface area contributed by atoms with Crippen LogP contribution in [0.25, 0.3) is 0 Å². The minimum absolute atomic E-state index is 0.0425. The molecule has 0 spiro atoms. The molecule has 24 heavy (non-hydrogen) atoms. The van der Waals surface area contributed by atoms with Crippen molar-refractivity contribution in [3.8, 4) is 5.75 Å². The van der Waals surface area contributed by atoms with Gasteiger partial charge >= 0.3 is 0 Å². The number of para-hydroxylation sites is 1. The molecule has 0 fully saturated rings. The Bertz CT molecular complexity index is 792. The maximum atomic E-state index is 12.4. The summed E-state index contributed by atoms with van der Waals surface area (Å²) in [5, 5.41) is 5.59. The van der Waals surface area contributed by atoms with Crippen LogP contribution in [0.2, 0.25) is 0 Å². The Kier molecular flexibility index (Phi) is 4.76. The van der Waals surface area contributed by atoms with Gasteiger partial charge in [0.05, 0.1) is 18.0 Å². The van der Waals surface area contributed by atoms with E-state index in [1.54, 1.807) is 19.2 Å². The third-order valence-electron chi connectivity index (χ3n) is 3.80. The SMILES string of the molecule is COc1ccccc1CNC(=O)c1ccc2c(c1)NC(=O)C(C)S2. The van der Waals surface area contributed by atoms with Crippen LogP contribution in [0.4, 0.5) is 5.69 Å². The van der Waals surface area contributed by atoms with Crippen LogP contribution >= 0.6 is 11.8 Å². The van der Waals surface area contributed by atoms with Gasteiger partial charge in [0, 0.05) is 22.6 Å². The van der Waals surface area contributed by atoms with Crippen LogP contribution in [0.15, 0.2) is 47.4 Å². The Hall–Kier alpha value is -2.47. The predicted octanol–water partition coefficient (Wildman–Crippen LogP) is 3.06. The lowest BCUT2D eigenvalue weighted by molar-refractivity contribution is -0.115. The molecule has 6 heteroatoms. The van der Waals surface area contributed by atoms with Crippen LogP contribution in [0, 0.1) is 0 Å². The van der Waals surface area contributed by atoms with Gasteiger partial charge in [-0.05, 0) is 31.2 Å². The second-order valence-corrected chi connectivity index (χ2v) is 6.84. The number of carbonyl (C=O) groups is 2. The van der Waals surface area contributed by atoms with Crippen molar-refractivity contribution in [2.24, 2.45) is 0 Å². The number of thioether (sulfide) groups is 1. The molecule has 2 N–H and O–H groups in total. The van der Waals surface area contributed by atoms with Gasteiger partial charge in [-0.1, -0.05) is 18.2 Å². The van der Waals surface area contributed by atoms with Crippen LogP contribution in [-0.2, 0) is 11.3 Å². The molecule has 0 radical (unpaired) electrons. The highest BCUT2D eigenvalue weighted by atomic mass is 32.2. The second kappa shape index (κ2) is 6.97. The average Bonchev–Trinajstić information content (AvgIpc) is 2.60. The monoisotopic (exact) mass is 342 g/mol. The van der Waals surface area contributed by atoms with Gasteiger partial charge in [-0.15, -0.1) is 11.8 Å². The molecule has 0 saturated carbocycles. The lowest BCUT2D eigenvalue weighted by Gasteiger charge is -2.21. The fourth-order valence-corrected chi connectivity index (χ4v) is 3.41. The number of hydrogen-bond donors (Lipinski definition) is 2. The Morgan fingerprint density at radius 2 is 2.08 bits per heavy atom. The van der Waals surface area contributed by atoms with E-state index < -0.39 is 0 Å². The zero-order valence-electron chi connectivity index (χ0n) is 13.5. The van der Waals surface area contributed by atoms with Gasteiger partial charge in [-0.3, -0.25) is 9.59 Å². The Labute approximate surface area is 144 Å². The topological polar surface area (TPSA) is 67.4 Å². The number of methoxy groups -OCH3 is 1. The fourth-order valence-electron chi connectivity index (χ4n) is 2.48. The van der Waals surface area contributed by atoms with Crippen molar-refractivity contribution in [1.82, 2.24) is 5.32 Å². The van der Waals surface area contributed by atoms with E-state index in [0.717, 1.165) is 16.2 Å². The summed E-state index contributed by atoms with van der Waals surface area (Å²) in [5.41, 5.74) is 2.11. The molecule has 1 aliphatic heterocycles. The first-order valence-electron chi connectivity index (χ1n) is 7.60. The molecule has 1 atom stereocenters. The van der Waals surface area contributed by atoms with Crippen molar-refractivity contribution in [1.29, 1.82) is 0 Å². The summed E-state index contributed by atoms with van der Waals surface area (Å²) in [6.07, 6.45) is 0. The molecule has 2 aromatic carbocycles. The molecule has 0 bridgehead atoms. The number of amides is 2. The van der Waals surface area contributed by atoms with E-state index >= 15 is 0 Å². The summed E-state index contributed by atoms with van der Waals surface area (Å²) in [7, 11) is 1.60. The lowest BCUT2D eigenvalue weighted by atomic mass is 10.1. The number of fused-ring (bicyclic) bond motifs is 1. The van der Waals surface area contributed by atoms with Crippen LogP contribution in [0.1, 0.15) is 22.8 Å². The summed E-state index contributed by atoms with van der Waals surface area (Å²) in [5.74, 6) is 0.501. The Morgan fingerprint density at radius 1 is 1.29 bits per heavy atom. The summed E-state index contributed by atoms with van der Waals surface area (Å²) in [4.78, 5) is 25.1. The van der Waals surface area contributed by atoms with E-state index in [0.29, 0.717) is 17.8 Å². The predicted molar refractivity (Wildman–Crippen MR) is 94.6 cm³/mol. The van der Waals surface area contributed by atoms with Crippen LogP contribution < -0.4 is 15.4 Å². The molecule has 2 amide bonds. The van der Waals surface area contributed by atoms with E-state index in [4.69, 9.17) is 4.74 Å². The highest BCUT2D eigenvalue weighted by molar-refractivity contribution is 8.00. The van der Waals surface area contributed by atoms with Crippen molar-refractivity contribution in [2.45, 2.75) is 23.6 Å². The summed E-state index contributed by atoms with van der Waals surface area (Å²) < 4.78 is 5.28. The van der Waals surface area contributed by atoms with Crippen molar-refractivity contribution in [2.75, 3.05) is 12.4 Å². The third kappa shape index (κ3) is 3.38. The van der Waals surface area contributed by atoms with Gasteiger partial charge in [0.2, 0.25) is 5.91 Å². The molecule has 1 heterocycles. The van der Waals surface area contributed by atoms with Gasteiger partial charge in [0.25, 0.3) is 5.91 Å². The molecule has 0 aliphatic carbocycles. The summed E-state index contributed by atoms with van der Waals surface area (Å²) in [6, 6.07) is 12.9. The van der Waals surface area contributed by atoms with Gasteiger partial charge in [0.15, 0.2) is 0 Å². The molecule has 1 aliphatic rings. The maximum absolute atomic E-state index is 12.4. The summed E-state index contributed by atoms with van der Waals surface area (Å²) >= 11 is 1.50. The summed E-state index contributed by atoms with van der Waals surface area (Å²) in [6.45, 7) is 2.23. The molecule has 124 valence electrons. The van der Waals surface area contributed by atoms with Crippen molar-refractivity contribution in [3.63, 3.8) is 0 Å². The fraction of sp³-hybridized carbons (Fsp3) is 0.222. The average molecular weight is 342 g/mol. The molecule has 2 aromatic rings. The van der Waals surface area contributed by atoms with Gasteiger partial charge in [-0.2, -0.15) is 0 Å². The standard InChI is InChI=1S/C18H18N2O3S/c1-11-17(21)20-14-9-12(7-8-16(14)24-11)18(22)19-10-13-5-3-4-6-15(13)23-2/h3-9,11H,10H2,1-2H3,(H,19,22)(H,20,21). The zero-order chi connectivity index (χ0) is 17.1. The number of hydrogen-bond acceptors (Lipinski definition) is 4. The smallest absolute Gasteiger partial charge is 0.251 e. The van der Waals surface area contributed by atoms with Crippen molar-refractivity contribution < 1.29 is 14.3 Å².